The average molecular weight is 281 g/mol. The molecule has 0 spiro atoms. The van der Waals surface area contributed by atoms with Crippen LogP contribution in [-0.4, -0.2) is 31.2 Å². The van der Waals surface area contributed by atoms with Gasteiger partial charge in [0.1, 0.15) is 0 Å². The predicted octanol–water partition coefficient (Wildman–Crippen LogP) is 2.75. The van der Waals surface area contributed by atoms with Gasteiger partial charge < -0.3 is 10.6 Å². The lowest BCUT2D eigenvalue weighted by Gasteiger charge is -2.38. The minimum absolute atomic E-state index is 0.492. The normalized spacial score (nSPS) is 23.7. The zero-order chi connectivity index (χ0) is 13.6. The van der Waals surface area contributed by atoms with Crippen LogP contribution in [0.2, 0.25) is 0 Å². The van der Waals surface area contributed by atoms with Gasteiger partial charge in [-0.25, -0.2) is 4.98 Å². The van der Waals surface area contributed by atoms with Crippen molar-refractivity contribution in [2.75, 3.05) is 26.2 Å². The molecule has 1 saturated heterocycles. The van der Waals surface area contributed by atoms with Crippen LogP contribution in [0.15, 0.2) is 5.38 Å². The van der Waals surface area contributed by atoms with Crippen LogP contribution in [0.1, 0.15) is 43.3 Å². The fourth-order valence-corrected chi connectivity index (χ4v) is 3.86. The van der Waals surface area contributed by atoms with Crippen molar-refractivity contribution in [3.63, 3.8) is 0 Å². The van der Waals surface area contributed by atoms with Gasteiger partial charge in [-0.15, -0.1) is 11.3 Å². The van der Waals surface area contributed by atoms with Gasteiger partial charge in [0.05, 0.1) is 5.01 Å². The number of hydrogen-bond donors (Lipinski definition) is 2. The van der Waals surface area contributed by atoms with Crippen LogP contribution in [-0.2, 0) is 6.42 Å². The monoisotopic (exact) mass is 281 g/mol. The van der Waals surface area contributed by atoms with E-state index in [0.29, 0.717) is 5.41 Å². The first-order chi connectivity index (χ1) is 9.24. The molecule has 2 rings (SSSR count). The Labute approximate surface area is 121 Å². The fraction of sp³-hybridized carbons (Fsp3) is 0.800. The van der Waals surface area contributed by atoms with E-state index in [4.69, 9.17) is 0 Å². The fourth-order valence-electron chi connectivity index (χ4n) is 3.08. The first-order valence-electron chi connectivity index (χ1n) is 7.56. The van der Waals surface area contributed by atoms with Gasteiger partial charge in [-0.05, 0) is 38.1 Å². The summed E-state index contributed by atoms with van der Waals surface area (Å²) < 4.78 is 0. The van der Waals surface area contributed by atoms with E-state index in [1.165, 1.54) is 43.8 Å². The number of nitrogens with zero attached hydrogens (tertiary/aromatic N) is 1. The van der Waals surface area contributed by atoms with Crippen LogP contribution in [0.3, 0.4) is 0 Å². The SMILES string of the molecule is CCCC1(CNCCc2nc(C)cs2)CCCNC1. The van der Waals surface area contributed by atoms with E-state index in [2.05, 4.69) is 34.8 Å². The molecule has 1 atom stereocenters. The van der Waals surface area contributed by atoms with Crippen molar-refractivity contribution in [1.82, 2.24) is 15.6 Å². The maximum Gasteiger partial charge on any atom is 0.0940 e. The highest BCUT2D eigenvalue weighted by atomic mass is 32.1. The molecule has 0 radical (unpaired) electrons. The molecule has 0 aliphatic carbocycles. The Balaban J connectivity index is 1.73. The lowest BCUT2D eigenvalue weighted by molar-refractivity contribution is 0.183. The van der Waals surface area contributed by atoms with Gasteiger partial charge in [-0.2, -0.15) is 0 Å². The molecule has 3 nitrogen and oxygen atoms in total. The highest BCUT2D eigenvalue weighted by Crippen LogP contribution is 2.30. The number of rotatable bonds is 7. The molecule has 19 heavy (non-hydrogen) atoms. The third kappa shape index (κ3) is 4.55. The Hall–Kier alpha value is -0.450. The van der Waals surface area contributed by atoms with Crippen LogP contribution in [0, 0.1) is 12.3 Å². The van der Waals surface area contributed by atoms with Crippen LogP contribution in [0.4, 0.5) is 0 Å². The minimum atomic E-state index is 0.492. The molecule has 1 aromatic rings. The maximum atomic E-state index is 4.51. The second-order valence-electron chi connectivity index (χ2n) is 5.84. The van der Waals surface area contributed by atoms with Gasteiger partial charge >= 0.3 is 0 Å². The van der Waals surface area contributed by atoms with Crippen molar-refractivity contribution in [3.8, 4) is 0 Å². The number of nitrogens with one attached hydrogen (secondary N) is 2. The summed E-state index contributed by atoms with van der Waals surface area (Å²) in [5.41, 5.74) is 1.64. The minimum Gasteiger partial charge on any atom is -0.316 e. The van der Waals surface area contributed by atoms with Gasteiger partial charge in [-0.3, -0.25) is 0 Å². The van der Waals surface area contributed by atoms with Crippen LogP contribution in [0.5, 0.6) is 0 Å². The summed E-state index contributed by atoms with van der Waals surface area (Å²) in [5, 5.41) is 10.6. The van der Waals surface area contributed by atoms with E-state index in [1.54, 1.807) is 11.3 Å². The first-order valence-corrected chi connectivity index (χ1v) is 8.44. The zero-order valence-electron chi connectivity index (χ0n) is 12.3. The van der Waals surface area contributed by atoms with Gasteiger partial charge in [0.15, 0.2) is 0 Å². The molecule has 4 heteroatoms. The third-order valence-electron chi connectivity index (χ3n) is 4.02. The molecule has 0 saturated carbocycles. The summed E-state index contributed by atoms with van der Waals surface area (Å²) in [5.74, 6) is 0. The van der Waals surface area contributed by atoms with E-state index in [0.717, 1.165) is 25.2 Å². The second-order valence-corrected chi connectivity index (χ2v) is 6.78. The zero-order valence-corrected chi connectivity index (χ0v) is 13.1. The van der Waals surface area contributed by atoms with E-state index >= 15 is 0 Å². The van der Waals surface area contributed by atoms with Gasteiger partial charge in [0, 0.05) is 37.1 Å². The molecule has 0 aromatic carbocycles. The van der Waals surface area contributed by atoms with Crippen molar-refractivity contribution in [2.24, 2.45) is 5.41 Å². The van der Waals surface area contributed by atoms with Crippen molar-refractivity contribution in [2.45, 2.75) is 46.0 Å². The Morgan fingerprint density at radius 3 is 3.05 bits per heavy atom. The van der Waals surface area contributed by atoms with Crippen LogP contribution >= 0.6 is 11.3 Å². The molecule has 2 N–H and O–H groups in total. The highest BCUT2D eigenvalue weighted by molar-refractivity contribution is 7.09. The quantitative estimate of drug-likeness (QED) is 0.755. The summed E-state index contributed by atoms with van der Waals surface area (Å²) in [6.45, 7) is 8.96. The number of aryl methyl sites for hydroxylation is 1. The lowest BCUT2D eigenvalue weighted by Crippen LogP contribution is -2.46. The van der Waals surface area contributed by atoms with Gasteiger partial charge in [0.2, 0.25) is 0 Å². The second kappa shape index (κ2) is 7.36. The maximum absolute atomic E-state index is 4.51. The summed E-state index contributed by atoms with van der Waals surface area (Å²) in [7, 11) is 0. The summed E-state index contributed by atoms with van der Waals surface area (Å²) >= 11 is 1.78. The molecule has 1 aliphatic heterocycles. The largest absolute Gasteiger partial charge is 0.316 e. The summed E-state index contributed by atoms with van der Waals surface area (Å²) in [4.78, 5) is 4.51. The topological polar surface area (TPSA) is 37.0 Å². The van der Waals surface area contributed by atoms with Crippen LogP contribution in [0.25, 0.3) is 0 Å². The van der Waals surface area contributed by atoms with E-state index < -0.39 is 0 Å². The Bertz CT molecular complexity index is 364. The number of hydrogen-bond acceptors (Lipinski definition) is 4. The lowest BCUT2D eigenvalue weighted by atomic mass is 9.77. The molecule has 0 bridgehead atoms. The van der Waals surface area contributed by atoms with E-state index in [-0.39, 0.29) is 0 Å². The number of aromatic nitrogens is 1. The van der Waals surface area contributed by atoms with Crippen molar-refractivity contribution in [1.29, 1.82) is 0 Å². The van der Waals surface area contributed by atoms with Crippen molar-refractivity contribution >= 4 is 11.3 Å². The van der Waals surface area contributed by atoms with E-state index in [9.17, 15) is 0 Å². The molecule has 1 unspecified atom stereocenters. The molecule has 1 aliphatic rings. The summed E-state index contributed by atoms with van der Waals surface area (Å²) in [6.07, 6.45) is 6.39. The van der Waals surface area contributed by atoms with Gasteiger partial charge in [-0.1, -0.05) is 13.3 Å². The molecule has 2 heterocycles. The molecule has 1 fully saturated rings. The van der Waals surface area contributed by atoms with Gasteiger partial charge in [0.25, 0.3) is 0 Å². The smallest absolute Gasteiger partial charge is 0.0940 e. The Morgan fingerprint density at radius 1 is 1.53 bits per heavy atom. The third-order valence-corrected chi connectivity index (χ3v) is 5.05. The molecule has 0 amide bonds. The van der Waals surface area contributed by atoms with Crippen molar-refractivity contribution < 1.29 is 0 Å². The Kier molecular flexibility index (Phi) is 5.79. The molecular formula is C15H27N3S. The van der Waals surface area contributed by atoms with Crippen molar-refractivity contribution in [3.05, 3.63) is 16.1 Å². The highest BCUT2D eigenvalue weighted by Gasteiger charge is 2.30. The first kappa shape index (κ1) is 14.9. The molecular weight excluding hydrogens is 254 g/mol. The summed E-state index contributed by atoms with van der Waals surface area (Å²) in [6, 6.07) is 0. The van der Waals surface area contributed by atoms with Crippen LogP contribution < -0.4 is 10.6 Å². The molecule has 108 valence electrons. The molecule has 1 aromatic heterocycles. The van der Waals surface area contributed by atoms with E-state index in [1.807, 2.05) is 0 Å². The number of piperidine rings is 1. The average Bonchev–Trinajstić information content (AvgIpc) is 2.82. The number of thiazole rings is 1. The predicted molar refractivity (Wildman–Crippen MR) is 82.9 cm³/mol. The standard InChI is InChI=1S/C15H27N3S/c1-3-6-15(7-4-8-16-11-15)12-17-9-5-14-18-13(2)10-19-14/h10,16-17H,3-9,11-12H2,1-2H3. The Morgan fingerprint density at radius 2 is 2.42 bits per heavy atom.